The number of carboxylic acids is 1. The first-order valence-electron chi connectivity index (χ1n) is 4.93. The highest BCUT2D eigenvalue weighted by atomic mass is 16.5. The van der Waals surface area contributed by atoms with Crippen LogP contribution in [0, 0.1) is 0 Å². The molecule has 2 aromatic rings. The topological polar surface area (TPSA) is 72.6 Å². The minimum absolute atomic E-state index is 0.116. The monoisotopic (exact) mass is 221 g/mol. The highest BCUT2D eigenvalue weighted by Crippen LogP contribution is 2.19. The van der Waals surface area contributed by atoms with Crippen molar-refractivity contribution in [3.05, 3.63) is 24.6 Å². The smallest absolute Gasteiger partial charge is 0.303 e. The van der Waals surface area contributed by atoms with E-state index in [-0.39, 0.29) is 6.42 Å². The molecular weight excluding hydrogens is 210 g/mol. The summed E-state index contributed by atoms with van der Waals surface area (Å²) in [4.78, 5) is 14.3. The first-order chi connectivity index (χ1) is 7.75. The molecule has 5 nitrogen and oxygen atoms in total. The molecule has 0 radical (unpaired) electrons. The van der Waals surface area contributed by atoms with Gasteiger partial charge >= 0.3 is 5.97 Å². The van der Waals surface area contributed by atoms with E-state index in [1.165, 1.54) is 6.39 Å². The lowest BCUT2D eigenvalue weighted by Gasteiger charge is -2.04. The molecule has 16 heavy (non-hydrogen) atoms. The van der Waals surface area contributed by atoms with Crippen molar-refractivity contribution < 1.29 is 19.1 Å². The maximum atomic E-state index is 10.3. The van der Waals surface area contributed by atoms with Gasteiger partial charge in [0, 0.05) is 12.5 Å². The van der Waals surface area contributed by atoms with Gasteiger partial charge in [0.25, 0.3) is 0 Å². The van der Waals surface area contributed by atoms with Crippen molar-refractivity contribution in [2.45, 2.75) is 12.8 Å². The van der Waals surface area contributed by atoms with Crippen LogP contribution in [-0.4, -0.2) is 22.7 Å². The summed E-state index contributed by atoms with van der Waals surface area (Å²) >= 11 is 0. The molecule has 1 aromatic heterocycles. The van der Waals surface area contributed by atoms with E-state index in [0.717, 1.165) is 5.52 Å². The minimum atomic E-state index is -0.811. The van der Waals surface area contributed by atoms with Crippen molar-refractivity contribution in [1.29, 1.82) is 0 Å². The number of fused-ring (bicyclic) bond motifs is 1. The summed E-state index contributed by atoms with van der Waals surface area (Å²) in [5.74, 6) is -0.149. The zero-order chi connectivity index (χ0) is 11.4. The lowest BCUT2D eigenvalue weighted by molar-refractivity contribution is -0.137. The average Bonchev–Trinajstić information content (AvgIpc) is 2.71. The van der Waals surface area contributed by atoms with Crippen LogP contribution in [0.3, 0.4) is 0 Å². The highest BCUT2D eigenvalue weighted by Gasteiger charge is 2.01. The number of benzene rings is 1. The number of aromatic nitrogens is 1. The minimum Gasteiger partial charge on any atom is -0.493 e. The maximum absolute atomic E-state index is 10.3. The third kappa shape index (κ3) is 2.50. The van der Waals surface area contributed by atoms with E-state index in [1.807, 2.05) is 0 Å². The van der Waals surface area contributed by atoms with Crippen molar-refractivity contribution in [3.8, 4) is 5.75 Å². The second-order valence-corrected chi connectivity index (χ2v) is 3.33. The van der Waals surface area contributed by atoms with Gasteiger partial charge in [0.1, 0.15) is 11.3 Å². The molecule has 0 unspecified atom stereocenters. The standard InChI is InChI=1S/C11H11NO4/c13-11(14)2-1-5-15-8-3-4-9-10(6-8)16-7-12-9/h3-4,6-7H,1-2,5H2,(H,13,14). The van der Waals surface area contributed by atoms with E-state index in [1.54, 1.807) is 18.2 Å². The van der Waals surface area contributed by atoms with Crippen LogP contribution < -0.4 is 4.74 Å². The van der Waals surface area contributed by atoms with Gasteiger partial charge in [-0.25, -0.2) is 4.98 Å². The number of ether oxygens (including phenoxy) is 1. The van der Waals surface area contributed by atoms with Crippen LogP contribution in [-0.2, 0) is 4.79 Å². The number of aliphatic carboxylic acids is 1. The average molecular weight is 221 g/mol. The van der Waals surface area contributed by atoms with Crippen LogP contribution in [0.25, 0.3) is 11.1 Å². The zero-order valence-electron chi connectivity index (χ0n) is 8.55. The number of carboxylic acid groups (broad SMARTS) is 1. The van der Waals surface area contributed by atoms with Gasteiger partial charge in [-0.05, 0) is 18.6 Å². The third-order valence-corrected chi connectivity index (χ3v) is 2.11. The highest BCUT2D eigenvalue weighted by molar-refractivity contribution is 5.73. The summed E-state index contributed by atoms with van der Waals surface area (Å²) in [7, 11) is 0. The Morgan fingerprint density at radius 1 is 1.50 bits per heavy atom. The Balaban J connectivity index is 1.91. The predicted molar refractivity (Wildman–Crippen MR) is 56.4 cm³/mol. The lowest BCUT2D eigenvalue weighted by atomic mass is 10.3. The van der Waals surface area contributed by atoms with Crippen molar-refractivity contribution >= 4 is 17.1 Å². The van der Waals surface area contributed by atoms with E-state index >= 15 is 0 Å². The van der Waals surface area contributed by atoms with Crippen molar-refractivity contribution in [3.63, 3.8) is 0 Å². The predicted octanol–water partition coefficient (Wildman–Crippen LogP) is 2.07. The lowest BCUT2D eigenvalue weighted by Crippen LogP contribution is -2.01. The largest absolute Gasteiger partial charge is 0.493 e. The molecule has 5 heteroatoms. The summed E-state index contributed by atoms with van der Waals surface area (Å²) in [6.45, 7) is 0.381. The molecule has 1 heterocycles. The molecule has 0 spiro atoms. The molecule has 0 amide bonds. The van der Waals surface area contributed by atoms with Crippen LogP contribution in [0.1, 0.15) is 12.8 Å². The number of hydrogen-bond donors (Lipinski definition) is 1. The number of rotatable bonds is 5. The fourth-order valence-electron chi connectivity index (χ4n) is 1.34. The van der Waals surface area contributed by atoms with Gasteiger partial charge in [-0.2, -0.15) is 0 Å². The van der Waals surface area contributed by atoms with E-state index in [9.17, 15) is 4.79 Å². The fraction of sp³-hybridized carbons (Fsp3) is 0.273. The van der Waals surface area contributed by atoms with Crippen LogP contribution in [0.15, 0.2) is 29.0 Å². The second kappa shape index (κ2) is 4.65. The Hall–Kier alpha value is -2.04. The van der Waals surface area contributed by atoms with Gasteiger partial charge in [-0.15, -0.1) is 0 Å². The molecule has 0 fully saturated rings. The molecule has 0 bridgehead atoms. The molecule has 0 saturated carbocycles. The van der Waals surface area contributed by atoms with Gasteiger partial charge in [-0.3, -0.25) is 4.79 Å². The third-order valence-electron chi connectivity index (χ3n) is 2.11. The van der Waals surface area contributed by atoms with Crippen LogP contribution in [0.4, 0.5) is 0 Å². The van der Waals surface area contributed by atoms with Crippen LogP contribution in [0.2, 0.25) is 0 Å². The molecular formula is C11H11NO4. The van der Waals surface area contributed by atoms with Crippen LogP contribution >= 0.6 is 0 Å². The number of oxazole rings is 1. The number of carbonyl (C=O) groups is 1. The molecule has 1 aromatic carbocycles. The first-order valence-corrected chi connectivity index (χ1v) is 4.93. The van der Waals surface area contributed by atoms with Gasteiger partial charge in [0.15, 0.2) is 12.0 Å². The molecule has 0 aliphatic rings. The van der Waals surface area contributed by atoms with Gasteiger partial charge in [-0.1, -0.05) is 0 Å². The molecule has 0 aliphatic heterocycles. The van der Waals surface area contributed by atoms with E-state index < -0.39 is 5.97 Å². The molecule has 0 aliphatic carbocycles. The Kier molecular flexibility index (Phi) is 3.05. The second-order valence-electron chi connectivity index (χ2n) is 3.33. The Morgan fingerprint density at radius 3 is 3.19 bits per heavy atom. The molecule has 0 atom stereocenters. The Labute approximate surface area is 91.7 Å². The van der Waals surface area contributed by atoms with E-state index in [2.05, 4.69) is 4.98 Å². The molecule has 0 saturated heterocycles. The Bertz CT molecular complexity index is 491. The molecule has 2 rings (SSSR count). The van der Waals surface area contributed by atoms with Gasteiger partial charge in [0.2, 0.25) is 0 Å². The summed E-state index contributed by atoms with van der Waals surface area (Å²) in [5, 5.41) is 8.45. The van der Waals surface area contributed by atoms with E-state index in [0.29, 0.717) is 24.4 Å². The SMILES string of the molecule is O=C(O)CCCOc1ccc2ncoc2c1. The van der Waals surface area contributed by atoms with Crippen LogP contribution in [0.5, 0.6) is 5.75 Å². The normalized spacial score (nSPS) is 10.5. The zero-order valence-corrected chi connectivity index (χ0v) is 8.55. The molecule has 84 valence electrons. The van der Waals surface area contributed by atoms with Crippen molar-refractivity contribution in [2.75, 3.05) is 6.61 Å². The van der Waals surface area contributed by atoms with Crippen molar-refractivity contribution in [2.24, 2.45) is 0 Å². The summed E-state index contributed by atoms with van der Waals surface area (Å²) < 4.78 is 10.5. The quantitative estimate of drug-likeness (QED) is 0.782. The van der Waals surface area contributed by atoms with Crippen molar-refractivity contribution in [1.82, 2.24) is 4.98 Å². The summed E-state index contributed by atoms with van der Waals surface area (Å²) in [6, 6.07) is 5.32. The fourth-order valence-corrected chi connectivity index (χ4v) is 1.34. The summed E-state index contributed by atoms with van der Waals surface area (Å²) in [6.07, 6.45) is 1.98. The van der Waals surface area contributed by atoms with Gasteiger partial charge < -0.3 is 14.3 Å². The number of nitrogens with zero attached hydrogens (tertiary/aromatic N) is 1. The first kappa shape index (κ1) is 10.5. The van der Waals surface area contributed by atoms with Gasteiger partial charge in [0.05, 0.1) is 6.61 Å². The molecule has 1 N–H and O–H groups in total. The van der Waals surface area contributed by atoms with E-state index in [4.69, 9.17) is 14.3 Å². The maximum Gasteiger partial charge on any atom is 0.303 e. The Morgan fingerprint density at radius 2 is 2.38 bits per heavy atom. The number of hydrogen-bond acceptors (Lipinski definition) is 4. The summed E-state index contributed by atoms with van der Waals surface area (Å²) in [5.41, 5.74) is 1.44.